The summed E-state index contributed by atoms with van der Waals surface area (Å²) in [5.41, 5.74) is 1.20. The maximum absolute atomic E-state index is 13.0. The first kappa shape index (κ1) is 18.0. The lowest BCUT2D eigenvalue weighted by Crippen LogP contribution is -2.48. The Labute approximate surface area is 163 Å². The highest BCUT2D eigenvalue weighted by atomic mass is 16.2. The largest absolute Gasteiger partial charge is 0.366 e. The zero-order chi connectivity index (χ0) is 19.7. The Bertz CT molecular complexity index is 953. The Morgan fingerprint density at radius 3 is 2.96 bits per heavy atom. The van der Waals surface area contributed by atoms with E-state index >= 15 is 0 Å². The number of carbonyl (C=O) groups is 2. The summed E-state index contributed by atoms with van der Waals surface area (Å²) in [5.74, 6) is 3.28. The van der Waals surface area contributed by atoms with Crippen molar-refractivity contribution < 1.29 is 9.59 Å². The number of urea groups is 1. The molecule has 142 valence electrons. The highest BCUT2D eigenvalue weighted by Crippen LogP contribution is 2.39. The van der Waals surface area contributed by atoms with Gasteiger partial charge in [0.05, 0.1) is 11.7 Å². The number of nitrogens with zero attached hydrogens (tertiary/aromatic N) is 4. The number of hydrogen-bond donors (Lipinski definition) is 1. The van der Waals surface area contributed by atoms with Crippen molar-refractivity contribution in [1.29, 1.82) is 0 Å². The second-order valence-electron chi connectivity index (χ2n) is 7.14. The zero-order valence-electron chi connectivity index (χ0n) is 15.6. The molecule has 0 unspecified atom stereocenters. The Balaban J connectivity index is 1.66. The number of nitrogens with one attached hydrogen (secondary N) is 1. The van der Waals surface area contributed by atoms with Crippen molar-refractivity contribution >= 4 is 29.1 Å². The molecule has 2 aromatic heterocycles. The minimum Gasteiger partial charge on any atom is -0.366 e. The molecule has 2 amide bonds. The van der Waals surface area contributed by atoms with E-state index in [-0.39, 0.29) is 30.2 Å². The lowest BCUT2D eigenvalue weighted by Gasteiger charge is -2.35. The number of hydrogen-bond acceptors (Lipinski definition) is 5. The number of Topliss-reactive ketones (excluding diaryl/α,β-unsaturated/α-hetero) is 1. The second-order valence-corrected chi connectivity index (χ2v) is 7.14. The Morgan fingerprint density at radius 2 is 2.21 bits per heavy atom. The van der Waals surface area contributed by atoms with Gasteiger partial charge in [0.15, 0.2) is 11.6 Å². The van der Waals surface area contributed by atoms with E-state index < -0.39 is 0 Å². The molecule has 0 spiro atoms. The summed E-state index contributed by atoms with van der Waals surface area (Å²) in [6.07, 6.45) is 8.10. The van der Waals surface area contributed by atoms with Crippen LogP contribution in [0.4, 0.5) is 22.1 Å². The van der Waals surface area contributed by atoms with Crippen molar-refractivity contribution in [3.8, 4) is 12.3 Å². The lowest BCUT2D eigenvalue weighted by molar-refractivity contribution is 0.0968. The molecule has 0 saturated carbocycles. The van der Waals surface area contributed by atoms with Crippen LogP contribution < -0.4 is 15.1 Å². The van der Waals surface area contributed by atoms with E-state index in [1.165, 1.54) is 0 Å². The molecule has 7 heteroatoms. The van der Waals surface area contributed by atoms with Crippen molar-refractivity contribution in [1.82, 2.24) is 9.97 Å². The summed E-state index contributed by atoms with van der Waals surface area (Å²) in [5, 5.41) is 2.83. The third-order valence-electron chi connectivity index (χ3n) is 5.13. The maximum atomic E-state index is 13.0. The molecular weight excluding hydrogens is 354 g/mol. The van der Waals surface area contributed by atoms with Crippen LogP contribution in [0.15, 0.2) is 36.5 Å². The third kappa shape index (κ3) is 3.29. The van der Waals surface area contributed by atoms with E-state index in [9.17, 15) is 9.59 Å². The smallest absolute Gasteiger partial charge is 0.329 e. The standard InChI is InChI=1S/C21H21N5O2/c1-3-14(2)12-18(27)16-7-8-17-20(23-16)26(15-9-11-25(17)13-15)21(28)24-19-6-4-5-10-22-19/h1,4-8,10,14-15H,9,11-13H2,2H3,(H,22,24,28)/t14-,15+/m1/s1. The SMILES string of the molecule is C#C[C@@H](C)CC(=O)c1ccc2c(n1)N(C(=O)Nc1ccccn1)[C@H]1CCN2C1. The number of terminal acetylenes is 1. The predicted molar refractivity (Wildman–Crippen MR) is 108 cm³/mol. The van der Waals surface area contributed by atoms with Crippen molar-refractivity contribution in [3.05, 3.63) is 42.2 Å². The molecule has 4 heterocycles. The number of anilines is 3. The van der Waals surface area contributed by atoms with E-state index in [1.807, 2.05) is 19.1 Å². The molecule has 0 radical (unpaired) electrons. The van der Waals surface area contributed by atoms with E-state index in [4.69, 9.17) is 6.42 Å². The number of ketones is 1. The first-order chi connectivity index (χ1) is 13.6. The summed E-state index contributed by atoms with van der Waals surface area (Å²) in [7, 11) is 0. The van der Waals surface area contributed by atoms with Crippen LogP contribution in [0.3, 0.4) is 0 Å². The molecule has 0 aromatic carbocycles. The highest BCUT2D eigenvalue weighted by Gasteiger charge is 2.40. The fourth-order valence-corrected chi connectivity index (χ4v) is 3.67. The topological polar surface area (TPSA) is 78.4 Å². The van der Waals surface area contributed by atoms with Crippen LogP contribution in [0.5, 0.6) is 0 Å². The Hall–Kier alpha value is -3.40. The van der Waals surface area contributed by atoms with Crippen LogP contribution in [-0.4, -0.2) is 40.9 Å². The van der Waals surface area contributed by atoms with Crippen LogP contribution in [0.25, 0.3) is 0 Å². The number of rotatable bonds is 4. The fourth-order valence-electron chi connectivity index (χ4n) is 3.67. The van der Waals surface area contributed by atoms with Crippen molar-refractivity contribution in [2.75, 3.05) is 28.2 Å². The molecular formula is C21H21N5O2. The normalized spacial score (nSPS) is 18.2. The monoisotopic (exact) mass is 375 g/mol. The van der Waals surface area contributed by atoms with Gasteiger partial charge in [-0.3, -0.25) is 15.0 Å². The fraction of sp³-hybridized carbons (Fsp3) is 0.333. The van der Waals surface area contributed by atoms with E-state index in [2.05, 4.69) is 26.1 Å². The molecule has 2 atom stereocenters. The molecule has 28 heavy (non-hydrogen) atoms. The van der Waals surface area contributed by atoms with Gasteiger partial charge in [0.1, 0.15) is 11.5 Å². The van der Waals surface area contributed by atoms with Gasteiger partial charge in [-0.05, 0) is 30.7 Å². The Morgan fingerprint density at radius 1 is 1.36 bits per heavy atom. The van der Waals surface area contributed by atoms with E-state index in [0.717, 1.165) is 25.2 Å². The second kappa shape index (κ2) is 7.31. The minimum absolute atomic E-state index is 0.0127. The highest BCUT2D eigenvalue weighted by molar-refractivity contribution is 6.05. The van der Waals surface area contributed by atoms with Gasteiger partial charge in [-0.15, -0.1) is 12.3 Å². The zero-order valence-corrected chi connectivity index (χ0v) is 15.6. The summed E-state index contributed by atoms with van der Waals surface area (Å²) in [4.78, 5) is 38.2. The Kier molecular flexibility index (Phi) is 4.70. The van der Waals surface area contributed by atoms with Gasteiger partial charge in [-0.25, -0.2) is 14.8 Å². The summed E-state index contributed by atoms with van der Waals surface area (Å²) >= 11 is 0. The van der Waals surface area contributed by atoms with Gasteiger partial charge in [0.2, 0.25) is 0 Å². The van der Waals surface area contributed by atoms with Crippen molar-refractivity contribution in [2.45, 2.75) is 25.8 Å². The van der Waals surface area contributed by atoms with Crippen LogP contribution in [-0.2, 0) is 0 Å². The van der Waals surface area contributed by atoms with Crippen LogP contribution in [0.2, 0.25) is 0 Å². The quantitative estimate of drug-likeness (QED) is 0.657. The third-order valence-corrected chi connectivity index (χ3v) is 5.13. The van der Waals surface area contributed by atoms with Crippen LogP contribution in [0, 0.1) is 18.3 Å². The van der Waals surface area contributed by atoms with Gasteiger partial charge >= 0.3 is 6.03 Å². The van der Waals surface area contributed by atoms with Crippen LogP contribution in [0.1, 0.15) is 30.3 Å². The number of aromatic nitrogens is 2. The molecule has 0 aliphatic carbocycles. The van der Waals surface area contributed by atoms with Crippen molar-refractivity contribution in [2.24, 2.45) is 5.92 Å². The molecule has 2 bridgehead atoms. The molecule has 2 aromatic rings. The first-order valence-electron chi connectivity index (χ1n) is 9.33. The molecule has 1 N–H and O–H groups in total. The number of amides is 2. The average Bonchev–Trinajstić information content (AvgIpc) is 3.12. The van der Waals surface area contributed by atoms with Gasteiger partial charge in [-0.2, -0.15) is 0 Å². The molecule has 1 saturated heterocycles. The van der Waals surface area contributed by atoms with Gasteiger partial charge in [-0.1, -0.05) is 13.0 Å². The van der Waals surface area contributed by atoms with Crippen molar-refractivity contribution in [3.63, 3.8) is 0 Å². The van der Waals surface area contributed by atoms with Gasteiger partial charge in [0, 0.05) is 31.6 Å². The summed E-state index contributed by atoms with van der Waals surface area (Å²) in [6, 6.07) is 8.65. The molecule has 2 aliphatic heterocycles. The predicted octanol–water partition coefficient (Wildman–Crippen LogP) is 2.95. The van der Waals surface area contributed by atoms with Crippen LogP contribution >= 0.6 is 0 Å². The summed E-state index contributed by atoms with van der Waals surface area (Å²) < 4.78 is 0. The number of pyridine rings is 2. The maximum Gasteiger partial charge on any atom is 0.329 e. The van der Waals surface area contributed by atoms with E-state index in [0.29, 0.717) is 17.3 Å². The average molecular weight is 375 g/mol. The number of fused-ring (bicyclic) bond motifs is 4. The molecule has 2 aliphatic rings. The molecule has 4 rings (SSSR count). The molecule has 1 fully saturated rings. The summed E-state index contributed by atoms with van der Waals surface area (Å²) in [6.45, 7) is 3.44. The van der Waals surface area contributed by atoms with E-state index in [1.54, 1.807) is 29.3 Å². The first-order valence-corrected chi connectivity index (χ1v) is 9.33. The minimum atomic E-state index is -0.291. The van der Waals surface area contributed by atoms with Gasteiger partial charge in [0.25, 0.3) is 0 Å². The van der Waals surface area contributed by atoms with Gasteiger partial charge < -0.3 is 4.90 Å². The number of carbonyl (C=O) groups excluding carboxylic acids is 2. The molecule has 7 nitrogen and oxygen atoms in total. The lowest BCUT2D eigenvalue weighted by atomic mass is 10.0.